The number of hydrogen-bond donors (Lipinski definition) is 1. The van der Waals surface area contributed by atoms with Crippen LogP contribution in [0.2, 0.25) is 0 Å². The molecule has 2 aromatic heterocycles. The average Bonchev–Trinajstić information content (AvgIpc) is 3.12. The van der Waals surface area contributed by atoms with Gasteiger partial charge in [-0.2, -0.15) is 0 Å². The summed E-state index contributed by atoms with van der Waals surface area (Å²) in [6, 6.07) is 16.3. The monoisotopic (exact) mass is 334 g/mol. The van der Waals surface area contributed by atoms with Crippen LogP contribution in [0.1, 0.15) is 23.3 Å². The third-order valence-corrected chi connectivity index (χ3v) is 5.07. The van der Waals surface area contributed by atoms with E-state index in [1.807, 2.05) is 59.6 Å². The fraction of sp³-hybridized carbons (Fsp3) is 0.300. The summed E-state index contributed by atoms with van der Waals surface area (Å²) in [5, 5.41) is 1.08. The zero-order valence-corrected chi connectivity index (χ0v) is 14.4. The van der Waals surface area contributed by atoms with Crippen LogP contribution in [0, 0.1) is 0 Å². The number of piperidine rings is 1. The zero-order valence-electron chi connectivity index (χ0n) is 14.4. The Bertz CT molecular complexity index is 833. The summed E-state index contributed by atoms with van der Waals surface area (Å²) < 4.78 is 0. The van der Waals surface area contributed by atoms with Gasteiger partial charge in [0.1, 0.15) is 11.5 Å². The van der Waals surface area contributed by atoms with E-state index in [0.717, 1.165) is 42.7 Å². The molecule has 0 spiro atoms. The Morgan fingerprint density at radius 1 is 1.16 bits per heavy atom. The van der Waals surface area contributed by atoms with Crippen LogP contribution in [0.4, 0.5) is 5.82 Å². The van der Waals surface area contributed by atoms with Crippen molar-refractivity contribution in [3.8, 4) is 0 Å². The highest BCUT2D eigenvalue weighted by molar-refractivity contribution is 5.98. The number of aromatic nitrogens is 2. The molecule has 1 fully saturated rings. The van der Waals surface area contributed by atoms with Gasteiger partial charge in [-0.3, -0.25) is 4.79 Å². The quantitative estimate of drug-likeness (QED) is 0.799. The predicted molar refractivity (Wildman–Crippen MR) is 99.9 cm³/mol. The third kappa shape index (κ3) is 3.09. The maximum atomic E-state index is 12.8. The molecule has 1 aromatic carbocycles. The van der Waals surface area contributed by atoms with Gasteiger partial charge >= 0.3 is 0 Å². The lowest BCUT2D eigenvalue weighted by molar-refractivity contribution is 0.0708. The smallest absolute Gasteiger partial charge is 0.270 e. The highest BCUT2D eigenvalue weighted by atomic mass is 16.2. The Morgan fingerprint density at radius 2 is 1.92 bits per heavy atom. The molecule has 4 rings (SSSR count). The summed E-state index contributed by atoms with van der Waals surface area (Å²) in [6.07, 6.45) is 3.73. The number of pyridine rings is 1. The molecular formula is C20H22N4O. The molecule has 0 saturated carbocycles. The number of nitrogens with one attached hydrogen (secondary N) is 1. The number of benzene rings is 1. The van der Waals surface area contributed by atoms with E-state index in [0.29, 0.717) is 11.7 Å². The first-order chi connectivity index (χ1) is 12.2. The number of likely N-dealkylation sites (tertiary alicyclic amines) is 1. The first kappa shape index (κ1) is 15.7. The second-order valence-corrected chi connectivity index (χ2v) is 6.59. The molecule has 1 amide bonds. The minimum absolute atomic E-state index is 0.0927. The maximum absolute atomic E-state index is 12.8. The molecule has 1 N–H and O–H groups in total. The summed E-state index contributed by atoms with van der Waals surface area (Å²) in [7, 11) is 2.09. The maximum Gasteiger partial charge on any atom is 0.270 e. The molecule has 0 aliphatic carbocycles. The van der Waals surface area contributed by atoms with Crippen molar-refractivity contribution in [1.29, 1.82) is 0 Å². The Balaban J connectivity index is 1.42. The number of H-pyrrole nitrogens is 1. The van der Waals surface area contributed by atoms with Crippen LogP contribution in [-0.2, 0) is 0 Å². The molecule has 1 aliphatic rings. The summed E-state index contributed by atoms with van der Waals surface area (Å²) >= 11 is 0. The molecular weight excluding hydrogens is 312 g/mol. The molecule has 0 radical (unpaired) electrons. The van der Waals surface area contributed by atoms with Crippen molar-refractivity contribution in [3.63, 3.8) is 0 Å². The number of carbonyl (C=O) groups is 1. The average molecular weight is 334 g/mol. The van der Waals surface area contributed by atoms with Crippen molar-refractivity contribution in [3.05, 3.63) is 60.4 Å². The van der Waals surface area contributed by atoms with Gasteiger partial charge in [0.2, 0.25) is 0 Å². The van der Waals surface area contributed by atoms with E-state index in [9.17, 15) is 4.79 Å². The normalized spacial score (nSPS) is 15.5. The molecule has 0 unspecified atom stereocenters. The molecule has 3 aromatic rings. The van der Waals surface area contributed by atoms with Crippen LogP contribution in [0.25, 0.3) is 10.9 Å². The van der Waals surface area contributed by atoms with Crippen LogP contribution in [-0.4, -0.2) is 47.0 Å². The molecule has 0 bridgehead atoms. The number of para-hydroxylation sites is 1. The standard InChI is InChI=1S/C20H22N4O/c1-23(19-8-4-5-11-21-19)16-9-12-24(13-10-16)20(25)18-14-15-6-2-3-7-17(15)22-18/h2-8,11,14,16,22H,9-10,12-13H2,1H3. The van der Waals surface area contributed by atoms with Gasteiger partial charge in [-0.15, -0.1) is 0 Å². The van der Waals surface area contributed by atoms with Crippen molar-refractivity contribution in [2.24, 2.45) is 0 Å². The minimum Gasteiger partial charge on any atom is -0.357 e. The SMILES string of the molecule is CN(c1ccccn1)C1CCN(C(=O)c2cc3ccccc3[nH]2)CC1. The summed E-state index contributed by atoms with van der Waals surface area (Å²) in [5.74, 6) is 1.08. The Morgan fingerprint density at radius 3 is 2.64 bits per heavy atom. The summed E-state index contributed by atoms with van der Waals surface area (Å²) in [5.41, 5.74) is 1.69. The largest absolute Gasteiger partial charge is 0.357 e. The summed E-state index contributed by atoms with van der Waals surface area (Å²) in [6.45, 7) is 1.55. The van der Waals surface area contributed by atoms with Gasteiger partial charge in [0.25, 0.3) is 5.91 Å². The Kier molecular flexibility index (Phi) is 4.14. The molecule has 1 saturated heterocycles. The molecule has 3 heterocycles. The molecule has 128 valence electrons. The van der Waals surface area contributed by atoms with Crippen molar-refractivity contribution >= 4 is 22.6 Å². The molecule has 25 heavy (non-hydrogen) atoms. The highest BCUT2D eigenvalue weighted by Gasteiger charge is 2.27. The Labute approximate surface area is 147 Å². The van der Waals surface area contributed by atoms with E-state index < -0.39 is 0 Å². The second-order valence-electron chi connectivity index (χ2n) is 6.59. The van der Waals surface area contributed by atoms with Crippen LogP contribution < -0.4 is 4.90 Å². The van der Waals surface area contributed by atoms with Crippen molar-refractivity contribution in [2.45, 2.75) is 18.9 Å². The second kappa shape index (κ2) is 6.59. The number of carbonyl (C=O) groups excluding carboxylic acids is 1. The van der Waals surface area contributed by atoms with Gasteiger partial charge in [0, 0.05) is 43.3 Å². The van der Waals surface area contributed by atoms with Gasteiger partial charge in [-0.25, -0.2) is 4.98 Å². The van der Waals surface area contributed by atoms with Crippen molar-refractivity contribution in [1.82, 2.24) is 14.9 Å². The molecule has 1 aliphatic heterocycles. The summed E-state index contributed by atoms with van der Waals surface area (Å²) in [4.78, 5) is 24.6. The van der Waals surface area contributed by atoms with E-state index in [4.69, 9.17) is 0 Å². The number of anilines is 1. The van der Waals surface area contributed by atoms with Gasteiger partial charge < -0.3 is 14.8 Å². The van der Waals surface area contributed by atoms with Gasteiger partial charge in [0.05, 0.1) is 0 Å². The number of rotatable bonds is 3. The van der Waals surface area contributed by atoms with Crippen molar-refractivity contribution < 1.29 is 4.79 Å². The van der Waals surface area contributed by atoms with Crippen LogP contribution >= 0.6 is 0 Å². The molecule has 0 atom stereocenters. The number of nitrogens with zero attached hydrogens (tertiary/aromatic N) is 3. The lowest BCUT2D eigenvalue weighted by Crippen LogP contribution is -2.46. The van der Waals surface area contributed by atoms with E-state index in [-0.39, 0.29) is 5.91 Å². The van der Waals surface area contributed by atoms with Gasteiger partial charge in [-0.05, 0) is 37.1 Å². The van der Waals surface area contributed by atoms with Gasteiger partial charge in [0.15, 0.2) is 0 Å². The van der Waals surface area contributed by atoms with Crippen LogP contribution in [0.5, 0.6) is 0 Å². The lowest BCUT2D eigenvalue weighted by Gasteiger charge is -2.37. The lowest BCUT2D eigenvalue weighted by atomic mass is 10.0. The number of fused-ring (bicyclic) bond motifs is 1. The van der Waals surface area contributed by atoms with Crippen LogP contribution in [0.3, 0.4) is 0 Å². The number of aromatic amines is 1. The van der Waals surface area contributed by atoms with E-state index in [1.165, 1.54) is 0 Å². The first-order valence-electron chi connectivity index (χ1n) is 8.73. The van der Waals surface area contributed by atoms with E-state index in [2.05, 4.69) is 21.9 Å². The predicted octanol–water partition coefficient (Wildman–Crippen LogP) is 3.30. The number of amides is 1. The molecule has 5 nitrogen and oxygen atoms in total. The van der Waals surface area contributed by atoms with Gasteiger partial charge in [-0.1, -0.05) is 24.3 Å². The van der Waals surface area contributed by atoms with Crippen LogP contribution in [0.15, 0.2) is 54.7 Å². The fourth-order valence-corrected chi connectivity index (χ4v) is 3.56. The third-order valence-electron chi connectivity index (χ3n) is 5.07. The van der Waals surface area contributed by atoms with E-state index in [1.54, 1.807) is 0 Å². The minimum atomic E-state index is 0.0927. The molecule has 5 heteroatoms. The first-order valence-corrected chi connectivity index (χ1v) is 8.73. The topological polar surface area (TPSA) is 52.2 Å². The van der Waals surface area contributed by atoms with Crippen molar-refractivity contribution in [2.75, 3.05) is 25.0 Å². The fourth-order valence-electron chi connectivity index (χ4n) is 3.56. The Hall–Kier alpha value is -2.82. The van der Waals surface area contributed by atoms with E-state index >= 15 is 0 Å². The number of hydrogen-bond acceptors (Lipinski definition) is 3. The highest BCUT2D eigenvalue weighted by Crippen LogP contribution is 2.22. The zero-order chi connectivity index (χ0) is 17.2.